The molecule has 0 aromatic heterocycles. The molecular weight excluding hydrogens is 663 g/mol. The molecule has 55 heavy (non-hydrogen) atoms. The maximum atomic E-state index is 4.08. The Morgan fingerprint density at radius 1 is 0.364 bits per heavy atom. The van der Waals surface area contributed by atoms with Gasteiger partial charge in [0.15, 0.2) is 0 Å². The molecule has 258 valence electrons. The van der Waals surface area contributed by atoms with Crippen LogP contribution < -0.4 is 5.32 Å². The molecule has 1 fully saturated rings. The summed E-state index contributed by atoms with van der Waals surface area (Å²) in [5.41, 5.74) is 9.08. The SMILES string of the molecule is C1=CC2CC(c3cc(-c4cccc5ccccc45)c4ccc5c(-c6cccc7ccccc67)cc(-c6cccc7ccccc67)c6ccc3c4c56)NC2C=C1. The first-order valence-corrected chi connectivity index (χ1v) is 19.6. The Labute approximate surface area is 320 Å². The third-order valence-corrected chi connectivity index (χ3v) is 12.7. The zero-order chi connectivity index (χ0) is 36.0. The van der Waals surface area contributed by atoms with Crippen LogP contribution in [-0.4, -0.2) is 6.04 Å². The highest BCUT2D eigenvalue weighted by Gasteiger charge is 2.34. The predicted octanol–water partition coefficient (Wildman–Crippen LogP) is 14.2. The predicted molar refractivity (Wildman–Crippen MR) is 235 cm³/mol. The van der Waals surface area contributed by atoms with Gasteiger partial charge in [-0.2, -0.15) is 0 Å². The van der Waals surface area contributed by atoms with Gasteiger partial charge < -0.3 is 5.32 Å². The molecule has 0 radical (unpaired) electrons. The maximum Gasteiger partial charge on any atom is 0.0338 e. The van der Waals surface area contributed by atoms with Gasteiger partial charge in [-0.25, -0.2) is 0 Å². The van der Waals surface area contributed by atoms with Crippen LogP contribution in [0.25, 0.3) is 98.0 Å². The minimum Gasteiger partial charge on any atom is -0.303 e. The molecule has 3 atom stereocenters. The van der Waals surface area contributed by atoms with Gasteiger partial charge in [0, 0.05) is 12.1 Å². The van der Waals surface area contributed by atoms with Gasteiger partial charge in [-0.05, 0) is 128 Å². The van der Waals surface area contributed by atoms with Crippen molar-refractivity contribution in [2.24, 2.45) is 5.92 Å². The number of fused-ring (bicyclic) bond motifs is 4. The van der Waals surface area contributed by atoms with E-state index in [9.17, 15) is 0 Å². The molecule has 3 unspecified atom stereocenters. The molecule has 0 saturated carbocycles. The average molecular weight is 700 g/mol. The van der Waals surface area contributed by atoms with Crippen LogP contribution in [0, 0.1) is 5.92 Å². The molecule has 10 aromatic carbocycles. The molecule has 1 aliphatic carbocycles. The van der Waals surface area contributed by atoms with Crippen molar-refractivity contribution in [2.45, 2.75) is 18.5 Å². The van der Waals surface area contributed by atoms with Crippen molar-refractivity contribution in [2.75, 3.05) is 0 Å². The number of benzene rings is 10. The van der Waals surface area contributed by atoms with Gasteiger partial charge in [0.25, 0.3) is 0 Å². The Balaban J connectivity index is 1.25. The van der Waals surface area contributed by atoms with Gasteiger partial charge in [0.05, 0.1) is 0 Å². The Hall–Kier alpha value is -6.54. The number of hydrogen-bond acceptors (Lipinski definition) is 1. The summed E-state index contributed by atoms with van der Waals surface area (Å²) in [5, 5.41) is 19.7. The van der Waals surface area contributed by atoms with E-state index in [0.717, 1.165) is 6.42 Å². The summed E-state index contributed by atoms with van der Waals surface area (Å²) in [6.45, 7) is 0. The first-order chi connectivity index (χ1) is 27.3. The van der Waals surface area contributed by atoms with Crippen molar-refractivity contribution in [3.63, 3.8) is 0 Å². The van der Waals surface area contributed by atoms with Crippen molar-refractivity contribution in [3.8, 4) is 33.4 Å². The van der Waals surface area contributed by atoms with Crippen LogP contribution in [0.4, 0.5) is 0 Å². The van der Waals surface area contributed by atoms with E-state index in [0.29, 0.717) is 12.0 Å². The van der Waals surface area contributed by atoms with Gasteiger partial charge in [-0.15, -0.1) is 0 Å². The highest BCUT2D eigenvalue weighted by Crippen LogP contribution is 2.50. The Bertz CT molecular complexity index is 3100. The van der Waals surface area contributed by atoms with E-state index >= 15 is 0 Å². The average Bonchev–Trinajstić information content (AvgIpc) is 3.69. The van der Waals surface area contributed by atoms with E-state index in [1.54, 1.807) is 0 Å². The van der Waals surface area contributed by atoms with E-state index < -0.39 is 0 Å². The smallest absolute Gasteiger partial charge is 0.0338 e. The Morgan fingerprint density at radius 2 is 0.800 bits per heavy atom. The molecule has 0 spiro atoms. The first-order valence-electron chi connectivity index (χ1n) is 19.6. The third-order valence-electron chi connectivity index (χ3n) is 12.7. The topological polar surface area (TPSA) is 12.0 Å². The van der Waals surface area contributed by atoms with E-state index in [4.69, 9.17) is 0 Å². The van der Waals surface area contributed by atoms with Crippen LogP contribution in [0.1, 0.15) is 18.0 Å². The molecule has 2 aliphatic rings. The zero-order valence-corrected chi connectivity index (χ0v) is 30.3. The van der Waals surface area contributed by atoms with Crippen molar-refractivity contribution in [1.82, 2.24) is 5.32 Å². The summed E-state index contributed by atoms with van der Waals surface area (Å²) in [6.07, 6.45) is 10.2. The fourth-order valence-corrected chi connectivity index (χ4v) is 10.2. The summed E-state index contributed by atoms with van der Waals surface area (Å²) < 4.78 is 0. The molecule has 1 heterocycles. The van der Waals surface area contributed by atoms with E-state index in [1.807, 2.05) is 0 Å². The van der Waals surface area contributed by atoms with E-state index in [-0.39, 0.29) is 6.04 Å². The lowest BCUT2D eigenvalue weighted by Crippen LogP contribution is -2.26. The molecule has 0 bridgehead atoms. The number of allylic oxidation sites excluding steroid dienone is 2. The molecule has 1 N–H and O–H groups in total. The van der Waals surface area contributed by atoms with Crippen molar-refractivity contribution >= 4 is 64.6 Å². The fraction of sp³-hybridized carbons (Fsp3) is 0.0741. The summed E-state index contributed by atoms with van der Waals surface area (Å²) >= 11 is 0. The highest BCUT2D eigenvalue weighted by molar-refractivity contribution is 6.32. The normalized spacial score (nSPS) is 18.1. The molecule has 1 saturated heterocycles. The Kier molecular flexibility index (Phi) is 6.73. The van der Waals surface area contributed by atoms with Crippen molar-refractivity contribution in [1.29, 1.82) is 0 Å². The molecule has 10 aromatic rings. The van der Waals surface area contributed by atoms with Crippen molar-refractivity contribution in [3.05, 3.63) is 194 Å². The Morgan fingerprint density at radius 3 is 1.33 bits per heavy atom. The van der Waals surface area contributed by atoms with Crippen LogP contribution in [-0.2, 0) is 0 Å². The molecule has 1 aliphatic heterocycles. The minimum absolute atomic E-state index is 0.232. The van der Waals surface area contributed by atoms with Crippen molar-refractivity contribution < 1.29 is 0 Å². The summed E-state index contributed by atoms with van der Waals surface area (Å²) in [4.78, 5) is 0. The molecule has 1 heteroatoms. The second-order valence-corrected chi connectivity index (χ2v) is 15.6. The van der Waals surface area contributed by atoms with Crippen LogP contribution in [0.2, 0.25) is 0 Å². The van der Waals surface area contributed by atoms with Gasteiger partial charge in [0.2, 0.25) is 0 Å². The summed E-state index contributed by atoms with van der Waals surface area (Å²) in [5.74, 6) is 0.491. The summed E-state index contributed by atoms with van der Waals surface area (Å²) in [6, 6.07) is 62.2. The lowest BCUT2D eigenvalue weighted by molar-refractivity contribution is 0.601. The van der Waals surface area contributed by atoms with Crippen LogP contribution in [0.15, 0.2) is 188 Å². The van der Waals surface area contributed by atoms with Crippen LogP contribution in [0.3, 0.4) is 0 Å². The van der Waals surface area contributed by atoms with Gasteiger partial charge in [-0.3, -0.25) is 0 Å². The van der Waals surface area contributed by atoms with E-state index in [2.05, 4.69) is 193 Å². The van der Waals surface area contributed by atoms with E-state index in [1.165, 1.54) is 104 Å². The fourth-order valence-electron chi connectivity index (χ4n) is 10.2. The van der Waals surface area contributed by atoms with Gasteiger partial charge in [-0.1, -0.05) is 176 Å². The molecule has 0 amide bonds. The number of rotatable bonds is 4. The van der Waals surface area contributed by atoms with Crippen LogP contribution in [0.5, 0.6) is 0 Å². The highest BCUT2D eigenvalue weighted by atomic mass is 15.0. The van der Waals surface area contributed by atoms with Gasteiger partial charge >= 0.3 is 0 Å². The first kappa shape index (κ1) is 30.9. The molecular formula is C54H37N. The molecule has 1 nitrogen and oxygen atoms in total. The lowest BCUT2D eigenvalue weighted by Gasteiger charge is -2.24. The largest absolute Gasteiger partial charge is 0.303 e. The molecule has 12 rings (SSSR count). The second kappa shape index (κ2) is 12.0. The lowest BCUT2D eigenvalue weighted by atomic mass is 9.80. The standard InChI is InChI=1S/C54H37N/c1-5-19-37-33(12-1)16-9-22-40(37)47-31-48(41-23-10-17-34-13-2-6-20-38(34)41)44-28-29-46-50(52-30-36-15-4-8-25-51(36)55-52)32-49(45-27-26-43(47)53(44)54(45)46)42-24-11-18-35-14-3-7-21-39(35)42/h1-29,31-32,36,51-52,55H,30H2. The second-order valence-electron chi connectivity index (χ2n) is 15.6. The maximum absolute atomic E-state index is 4.08. The van der Waals surface area contributed by atoms with Crippen LogP contribution >= 0.6 is 0 Å². The van der Waals surface area contributed by atoms with Gasteiger partial charge in [0.1, 0.15) is 0 Å². The quantitative estimate of drug-likeness (QED) is 0.180. The third kappa shape index (κ3) is 4.64. The summed E-state index contributed by atoms with van der Waals surface area (Å²) in [7, 11) is 0. The minimum atomic E-state index is 0.232. The number of hydrogen-bond donors (Lipinski definition) is 1. The number of nitrogens with one attached hydrogen (secondary N) is 1. The zero-order valence-electron chi connectivity index (χ0n) is 30.3. The monoisotopic (exact) mass is 699 g/mol.